The summed E-state index contributed by atoms with van der Waals surface area (Å²) in [5.74, 6) is 1.11. The highest BCUT2D eigenvalue weighted by molar-refractivity contribution is 7.80. The third-order valence-electron chi connectivity index (χ3n) is 3.44. The summed E-state index contributed by atoms with van der Waals surface area (Å²) in [5, 5.41) is 6.91. The summed E-state index contributed by atoms with van der Waals surface area (Å²) >= 11 is 1.94. The minimum Gasteiger partial charge on any atom is -0.722 e. The van der Waals surface area contributed by atoms with Gasteiger partial charge in [0.2, 0.25) is 4.51 Å². The smallest absolute Gasteiger partial charge is 0.255 e. The maximum Gasteiger partial charge on any atom is 0.255 e. The van der Waals surface area contributed by atoms with Gasteiger partial charge >= 0.3 is 0 Å². The van der Waals surface area contributed by atoms with Crippen molar-refractivity contribution in [1.29, 1.82) is 0 Å². The molecule has 3 nitrogen and oxygen atoms in total. The molecule has 0 unspecified atom stereocenters. The molecule has 112 valence electrons. The first-order valence-electron chi connectivity index (χ1n) is 6.49. The molecule has 1 aliphatic rings. The number of rotatable bonds is 0. The molecule has 1 aliphatic heterocycles. The van der Waals surface area contributed by atoms with Crippen molar-refractivity contribution in [1.82, 2.24) is 0 Å². The molecular formula is C16H11FO3S2. The summed E-state index contributed by atoms with van der Waals surface area (Å²) in [5.41, 5.74) is 0. The first-order valence-corrected chi connectivity index (χ1v) is 8.79. The van der Waals surface area contributed by atoms with Crippen LogP contribution in [-0.4, -0.2) is 18.7 Å². The Morgan fingerprint density at radius 3 is 2.41 bits per heavy atom. The molecule has 0 atom stereocenters. The van der Waals surface area contributed by atoms with E-state index in [1.54, 1.807) is 0 Å². The fourth-order valence-corrected chi connectivity index (χ4v) is 3.58. The molecule has 0 spiro atoms. The minimum absolute atomic E-state index is 1.11. The van der Waals surface area contributed by atoms with Crippen molar-refractivity contribution in [3.05, 3.63) is 58.3 Å². The van der Waals surface area contributed by atoms with Gasteiger partial charge in [0.1, 0.15) is 0 Å². The third kappa shape index (κ3) is 3.14. The number of fused-ring (bicyclic) bond motifs is 5. The molecule has 0 aromatic heterocycles. The predicted octanol–water partition coefficient (Wildman–Crippen LogP) is 2.54. The Morgan fingerprint density at radius 2 is 1.64 bits per heavy atom. The highest BCUT2D eigenvalue weighted by Gasteiger charge is 2.11. The molecule has 3 aromatic carbocycles. The Kier molecular flexibility index (Phi) is 3.90. The van der Waals surface area contributed by atoms with Crippen LogP contribution in [-0.2, 0) is 21.9 Å². The van der Waals surface area contributed by atoms with Gasteiger partial charge in [-0.3, -0.25) is 0 Å². The van der Waals surface area contributed by atoms with Crippen molar-refractivity contribution in [2.45, 2.75) is 0 Å². The molecule has 3 aromatic rings. The Morgan fingerprint density at radius 1 is 1.00 bits per heavy atom. The van der Waals surface area contributed by atoms with Gasteiger partial charge < -0.3 is 4.55 Å². The fourth-order valence-electron chi connectivity index (χ4n) is 2.65. The Labute approximate surface area is 130 Å². The van der Waals surface area contributed by atoms with Gasteiger partial charge in [-0.05, 0) is 28.3 Å². The van der Waals surface area contributed by atoms with E-state index in [9.17, 15) is 3.89 Å². The van der Waals surface area contributed by atoms with Crippen LogP contribution in [0.3, 0.4) is 0 Å². The standard InChI is InChI=1S/C16H11S.FHO3S/c1-2-4-13-11(3-1)5-6-12-7-8-15-14(16(12)13)9-10-17-15;1-5(2,3)4/h1-9H,10H2;(H,2,3,4)/q+1;/p-1. The van der Waals surface area contributed by atoms with Gasteiger partial charge in [-0.2, -0.15) is 0 Å². The van der Waals surface area contributed by atoms with Crippen LogP contribution in [0, 0.1) is 4.51 Å². The van der Waals surface area contributed by atoms with Crippen LogP contribution in [0.4, 0.5) is 3.89 Å². The Balaban J connectivity index is 0.000000254. The lowest BCUT2D eigenvalue weighted by molar-refractivity contribution is 0.417. The monoisotopic (exact) mass is 334 g/mol. The quantitative estimate of drug-likeness (QED) is 0.209. The molecule has 0 N–H and O–H groups in total. The van der Waals surface area contributed by atoms with Crippen LogP contribution < -0.4 is 5.22 Å². The largest absolute Gasteiger partial charge is 0.722 e. The average molecular weight is 334 g/mol. The normalized spacial score (nSPS) is 13.0. The maximum atomic E-state index is 10.1. The highest BCUT2D eigenvalue weighted by atomic mass is 32.3. The molecule has 0 saturated carbocycles. The van der Waals surface area contributed by atoms with Gasteiger partial charge in [-0.15, -0.1) is 3.89 Å². The first kappa shape index (κ1) is 15.0. The first-order chi connectivity index (χ1) is 10.4. The van der Waals surface area contributed by atoms with Crippen molar-refractivity contribution >= 4 is 49.5 Å². The molecule has 6 heteroatoms. The van der Waals surface area contributed by atoms with E-state index < -0.39 is 10.5 Å². The summed E-state index contributed by atoms with van der Waals surface area (Å²) < 4.78 is 36.8. The van der Waals surface area contributed by atoms with Crippen molar-refractivity contribution in [3.8, 4) is 0 Å². The topological polar surface area (TPSA) is 57.2 Å². The van der Waals surface area contributed by atoms with Crippen LogP contribution in [0.1, 0.15) is 0 Å². The summed E-state index contributed by atoms with van der Waals surface area (Å²) in [6.45, 7) is 0. The van der Waals surface area contributed by atoms with E-state index in [0.717, 1.165) is 5.75 Å². The number of hydrogen-bond donors (Lipinski definition) is 0. The van der Waals surface area contributed by atoms with Crippen LogP contribution in [0.15, 0.2) is 48.5 Å². The minimum atomic E-state index is -5.42. The van der Waals surface area contributed by atoms with E-state index in [1.807, 2.05) is 11.4 Å². The summed E-state index contributed by atoms with van der Waals surface area (Å²) in [4.78, 5) is 0. The zero-order valence-electron chi connectivity index (χ0n) is 11.3. The second-order valence-electron chi connectivity index (χ2n) is 4.77. The second-order valence-corrected chi connectivity index (χ2v) is 6.62. The summed E-state index contributed by atoms with van der Waals surface area (Å²) in [7, 11) is -5.42. The number of halogens is 1. The molecule has 0 aliphatic carbocycles. The maximum absolute atomic E-state index is 10.1. The van der Waals surface area contributed by atoms with E-state index >= 15 is 0 Å². The second kappa shape index (κ2) is 5.72. The molecule has 22 heavy (non-hydrogen) atoms. The molecule has 4 rings (SSSR count). The third-order valence-corrected chi connectivity index (χ3v) is 4.44. The van der Waals surface area contributed by atoms with Crippen molar-refractivity contribution in [2.75, 3.05) is 5.75 Å². The molecule has 0 saturated heterocycles. The molecule has 0 radical (unpaired) electrons. The number of benzene rings is 3. The molecule has 1 heterocycles. The molecular weight excluding hydrogens is 323 g/mol. The Hall–Kier alpha value is -1.89. The van der Waals surface area contributed by atoms with E-state index in [2.05, 4.69) is 54.6 Å². The Bertz CT molecular complexity index is 1080. The van der Waals surface area contributed by atoms with Gasteiger partial charge in [0.15, 0.2) is 17.1 Å². The van der Waals surface area contributed by atoms with Crippen LogP contribution >= 0.6 is 0 Å². The van der Waals surface area contributed by atoms with Gasteiger partial charge in [0.25, 0.3) is 10.5 Å². The summed E-state index contributed by atoms with van der Waals surface area (Å²) in [6, 6.07) is 17.6. The number of hydrogen-bond acceptors (Lipinski definition) is 3. The van der Waals surface area contributed by atoms with Crippen LogP contribution in [0.2, 0.25) is 0 Å². The SMILES string of the molecule is C1=c2c(ccc3ccc4ccccc4c23)=[S+]C1.O=S(=O)([O-])F. The zero-order chi connectivity index (χ0) is 15.7. The average Bonchev–Trinajstić information content (AvgIpc) is 2.93. The van der Waals surface area contributed by atoms with Crippen LogP contribution in [0.25, 0.3) is 27.6 Å². The lowest BCUT2D eigenvalue weighted by atomic mass is 10.0. The predicted molar refractivity (Wildman–Crippen MR) is 87.4 cm³/mol. The van der Waals surface area contributed by atoms with Gasteiger partial charge in [-0.1, -0.05) is 36.4 Å². The molecule has 0 amide bonds. The lowest BCUT2D eigenvalue weighted by Gasteiger charge is -2.02. The van der Waals surface area contributed by atoms with Gasteiger partial charge in [0.05, 0.1) is 0 Å². The lowest BCUT2D eigenvalue weighted by Crippen LogP contribution is -2.02. The van der Waals surface area contributed by atoms with Gasteiger partial charge in [0, 0.05) is 16.7 Å². The van der Waals surface area contributed by atoms with Gasteiger partial charge in [-0.25, -0.2) is 8.42 Å². The molecule has 0 bridgehead atoms. The molecule has 0 fully saturated rings. The van der Waals surface area contributed by atoms with E-state index in [-0.39, 0.29) is 0 Å². The van der Waals surface area contributed by atoms with E-state index in [0.29, 0.717) is 0 Å². The zero-order valence-corrected chi connectivity index (χ0v) is 13.0. The van der Waals surface area contributed by atoms with Crippen molar-refractivity contribution in [3.63, 3.8) is 0 Å². The van der Waals surface area contributed by atoms with E-state index in [1.165, 1.54) is 31.3 Å². The van der Waals surface area contributed by atoms with Crippen LogP contribution in [0.5, 0.6) is 0 Å². The van der Waals surface area contributed by atoms with E-state index in [4.69, 9.17) is 13.0 Å². The van der Waals surface area contributed by atoms with Crippen molar-refractivity contribution < 1.29 is 16.9 Å². The highest BCUT2D eigenvalue weighted by Crippen LogP contribution is 2.22. The fraction of sp³-hybridized carbons (Fsp3) is 0.0625. The summed E-state index contributed by atoms with van der Waals surface area (Å²) in [6.07, 6.45) is 2.36. The van der Waals surface area contributed by atoms with Crippen molar-refractivity contribution in [2.24, 2.45) is 0 Å².